The van der Waals surface area contributed by atoms with Crippen molar-refractivity contribution in [3.05, 3.63) is 46.9 Å². The van der Waals surface area contributed by atoms with Crippen molar-refractivity contribution in [2.24, 2.45) is 0 Å². The molecule has 0 fully saturated rings. The zero-order valence-electron chi connectivity index (χ0n) is 15.7. The van der Waals surface area contributed by atoms with E-state index in [9.17, 15) is 22.4 Å². The summed E-state index contributed by atoms with van der Waals surface area (Å²) in [4.78, 5) is 24.5. The second-order valence-corrected chi connectivity index (χ2v) is 9.72. The quantitative estimate of drug-likeness (QED) is 0.747. The molecule has 150 valence electrons. The number of rotatable bonds is 3. The predicted octanol–water partition coefficient (Wildman–Crippen LogP) is 1.46. The number of amides is 2. The molecule has 0 aliphatic carbocycles. The highest BCUT2D eigenvalue weighted by atomic mass is 32.2. The summed E-state index contributed by atoms with van der Waals surface area (Å²) in [5.74, 6) is -2.42. The topological polar surface area (TPSA) is 110 Å². The van der Waals surface area contributed by atoms with Crippen molar-refractivity contribution in [1.82, 2.24) is 15.1 Å². The Labute approximate surface area is 162 Å². The second kappa shape index (κ2) is 7.01. The fourth-order valence-electron chi connectivity index (χ4n) is 2.89. The van der Waals surface area contributed by atoms with Crippen LogP contribution in [-0.2, 0) is 43.0 Å². The molecule has 1 aliphatic rings. The van der Waals surface area contributed by atoms with E-state index >= 15 is 0 Å². The largest absolute Gasteiger partial charge is 0.344 e. The molecule has 2 N–H and O–H groups in total. The molecule has 0 bridgehead atoms. The Morgan fingerprint density at radius 2 is 1.79 bits per heavy atom. The molecule has 0 unspecified atom stereocenters. The van der Waals surface area contributed by atoms with Crippen LogP contribution in [0.2, 0.25) is 0 Å². The van der Waals surface area contributed by atoms with Crippen LogP contribution in [0.3, 0.4) is 0 Å². The van der Waals surface area contributed by atoms with Gasteiger partial charge in [-0.15, -0.1) is 0 Å². The highest BCUT2D eigenvalue weighted by Gasteiger charge is 2.35. The first-order chi connectivity index (χ1) is 13.0. The lowest BCUT2D eigenvalue weighted by molar-refractivity contribution is -0.136. The van der Waals surface area contributed by atoms with Crippen molar-refractivity contribution in [2.75, 3.05) is 5.32 Å². The van der Waals surface area contributed by atoms with Crippen molar-refractivity contribution in [2.45, 2.75) is 44.4 Å². The minimum absolute atomic E-state index is 0.0531. The van der Waals surface area contributed by atoms with Crippen LogP contribution in [0.4, 0.5) is 10.2 Å². The minimum atomic E-state index is -3.31. The molecule has 10 heteroatoms. The van der Waals surface area contributed by atoms with E-state index in [1.54, 1.807) is 0 Å². The molecule has 0 spiro atoms. The smallest absolute Gasteiger partial charge is 0.314 e. The fourth-order valence-corrected chi connectivity index (χ4v) is 4.38. The Morgan fingerprint density at radius 3 is 2.39 bits per heavy atom. The number of carbonyl (C=O) groups is 2. The molecule has 28 heavy (non-hydrogen) atoms. The van der Waals surface area contributed by atoms with Gasteiger partial charge in [0.15, 0.2) is 9.84 Å². The average Bonchev–Trinajstić information content (AvgIpc) is 3.06. The number of fused-ring (bicyclic) bond motifs is 1. The van der Waals surface area contributed by atoms with Crippen molar-refractivity contribution >= 4 is 27.5 Å². The maximum absolute atomic E-state index is 12.9. The zero-order chi connectivity index (χ0) is 20.7. The number of anilines is 1. The van der Waals surface area contributed by atoms with Crippen molar-refractivity contribution in [3.63, 3.8) is 0 Å². The fraction of sp³-hybridized carbons (Fsp3) is 0.389. The number of aromatic nitrogens is 2. The third-order valence-corrected chi connectivity index (χ3v) is 5.67. The lowest BCUT2D eigenvalue weighted by atomic mass is 10.1. The third-order valence-electron chi connectivity index (χ3n) is 4.23. The van der Waals surface area contributed by atoms with E-state index in [0.717, 1.165) is 0 Å². The van der Waals surface area contributed by atoms with Gasteiger partial charge >= 0.3 is 11.8 Å². The number of benzene rings is 1. The number of nitrogens with one attached hydrogen (secondary N) is 2. The summed E-state index contributed by atoms with van der Waals surface area (Å²) in [7, 11) is -3.31. The SMILES string of the molecule is CC(C)(C)n1nc2c(c1NC(=O)C(=O)NCc1ccc(F)cc1)CS(=O)(=O)C2. The zero-order valence-corrected chi connectivity index (χ0v) is 16.6. The maximum atomic E-state index is 12.9. The lowest BCUT2D eigenvalue weighted by Crippen LogP contribution is -2.37. The van der Waals surface area contributed by atoms with E-state index in [1.807, 2.05) is 20.8 Å². The number of sulfone groups is 1. The van der Waals surface area contributed by atoms with Gasteiger partial charge < -0.3 is 10.6 Å². The Hall–Kier alpha value is -2.75. The molecule has 1 aliphatic heterocycles. The summed E-state index contributed by atoms with van der Waals surface area (Å²) in [6.07, 6.45) is 0. The van der Waals surface area contributed by atoms with E-state index in [0.29, 0.717) is 16.8 Å². The minimum Gasteiger partial charge on any atom is -0.344 e. The van der Waals surface area contributed by atoms with E-state index < -0.39 is 33.0 Å². The number of nitrogens with zero attached hydrogens (tertiary/aromatic N) is 2. The van der Waals surface area contributed by atoms with E-state index in [4.69, 9.17) is 0 Å². The van der Waals surface area contributed by atoms with Gasteiger partial charge in [-0.25, -0.2) is 17.5 Å². The first-order valence-electron chi connectivity index (χ1n) is 8.61. The van der Waals surface area contributed by atoms with Crippen LogP contribution in [0.1, 0.15) is 37.6 Å². The lowest BCUT2D eigenvalue weighted by Gasteiger charge is -2.23. The van der Waals surface area contributed by atoms with Gasteiger partial charge in [-0.05, 0) is 38.5 Å². The summed E-state index contributed by atoms with van der Waals surface area (Å²) < 4.78 is 38.2. The number of halogens is 1. The van der Waals surface area contributed by atoms with Crippen LogP contribution in [0, 0.1) is 5.82 Å². The number of hydrogen-bond donors (Lipinski definition) is 2. The summed E-state index contributed by atoms with van der Waals surface area (Å²) in [5.41, 5.74) is 0.905. The van der Waals surface area contributed by atoms with Crippen molar-refractivity contribution < 1.29 is 22.4 Å². The predicted molar refractivity (Wildman–Crippen MR) is 100 cm³/mol. The highest BCUT2D eigenvalue weighted by Crippen LogP contribution is 2.34. The number of carbonyl (C=O) groups excluding carboxylic acids is 2. The summed E-state index contributed by atoms with van der Waals surface area (Å²) in [5, 5.41) is 9.28. The maximum Gasteiger partial charge on any atom is 0.314 e. The monoisotopic (exact) mass is 408 g/mol. The van der Waals surface area contributed by atoms with Gasteiger partial charge in [-0.2, -0.15) is 5.10 Å². The van der Waals surface area contributed by atoms with Gasteiger partial charge in [0.25, 0.3) is 0 Å². The normalized spacial score (nSPS) is 15.1. The molecule has 1 aromatic heterocycles. The first-order valence-corrected chi connectivity index (χ1v) is 10.4. The van der Waals surface area contributed by atoms with Crippen LogP contribution < -0.4 is 10.6 Å². The van der Waals surface area contributed by atoms with Crippen LogP contribution >= 0.6 is 0 Å². The molecule has 0 radical (unpaired) electrons. The third kappa shape index (κ3) is 4.22. The van der Waals surface area contributed by atoms with E-state index in [-0.39, 0.29) is 23.9 Å². The van der Waals surface area contributed by atoms with Gasteiger partial charge in [-0.3, -0.25) is 9.59 Å². The van der Waals surface area contributed by atoms with Gasteiger partial charge in [0.1, 0.15) is 11.6 Å². The molecule has 8 nitrogen and oxygen atoms in total. The Kier molecular flexibility index (Phi) is 5.00. The molecule has 0 saturated heterocycles. The van der Waals surface area contributed by atoms with Gasteiger partial charge in [-0.1, -0.05) is 12.1 Å². The van der Waals surface area contributed by atoms with Crippen LogP contribution in [0.5, 0.6) is 0 Å². The molecule has 1 aromatic carbocycles. The summed E-state index contributed by atoms with van der Waals surface area (Å²) in [6.45, 7) is 5.62. The van der Waals surface area contributed by atoms with E-state index in [1.165, 1.54) is 28.9 Å². The van der Waals surface area contributed by atoms with Crippen LogP contribution in [-0.4, -0.2) is 30.0 Å². The number of hydrogen-bond acceptors (Lipinski definition) is 5. The molecule has 3 rings (SSSR count). The molecular weight excluding hydrogens is 387 g/mol. The Bertz CT molecular complexity index is 1040. The summed E-state index contributed by atoms with van der Waals surface area (Å²) in [6, 6.07) is 5.51. The summed E-state index contributed by atoms with van der Waals surface area (Å²) >= 11 is 0. The van der Waals surface area contributed by atoms with Crippen molar-refractivity contribution in [1.29, 1.82) is 0 Å². The van der Waals surface area contributed by atoms with Gasteiger partial charge in [0, 0.05) is 12.1 Å². The second-order valence-electron chi connectivity index (χ2n) is 7.65. The standard InChI is InChI=1S/C18H21FN4O4S/c1-18(2,3)23-15(13-9-28(26,27)10-14(13)22-23)21-17(25)16(24)20-8-11-4-6-12(19)7-5-11/h4-7H,8-10H2,1-3H3,(H,20,24)(H,21,25). The molecule has 0 saturated carbocycles. The van der Waals surface area contributed by atoms with Crippen LogP contribution in [0.15, 0.2) is 24.3 Å². The highest BCUT2D eigenvalue weighted by molar-refractivity contribution is 7.90. The molecule has 2 heterocycles. The molecule has 0 atom stereocenters. The van der Waals surface area contributed by atoms with Crippen molar-refractivity contribution in [3.8, 4) is 0 Å². The molecular formula is C18H21FN4O4S. The van der Waals surface area contributed by atoms with E-state index in [2.05, 4.69) is 15.7 Å². The average molecular weight is 408 g/mol. The first kappa shape index (κ1) is 20.0. The Balaban J connectivity index is 1.76. The van der Waals surface area contributed by atoms with Gasteiger partial charge in [0.2, 0.25) is 0 Å². The Morgan fingerprint density at radius 1 is 1.14 bits per heavy atom. The molecule has 2 aromatic rings. The molecule has 2 amide bonds. The van der Waals surface area contributed by atoms with Gasteiger partial charge in [0.05, 0.1) is 22.7 Å². The van der Waals surface area contributed by atoms with Crippen LogP contribution in [0.25, 0.3) is 0 Å².